The van der Waals surface area contributed by atoms with E-state index < -0.39 is 0 Å². The van der Waals surface area contributed by atoms with Crippen LogP contribution in [0.1, 0.15) is 0 Å². The fourth-order valence-electron chi connectivity index (χ4n) is 1.09. The Hall–Kier alpha value is -1.16. The summed E-state index contributed by atoms with van der Waals surface area (Å²) in [5, 5.41) is 0. The Bertz CT molecular complexity index is 319. The minimum Gasteiger partial charge on any atom is -1.00 e. The third kappa shape index (κ3) is 4.25. The van der Waals surface area contributed by atoms with Crippen LogP contribution in [0, 0.1) is 0 Å². The topological polar surface area (TPSA) is 48.3 Å². The molecule has 0 amide bonds. The molecule has 0 radical (unpaired) electrons. The first-order valence-corrected chi connectivity index (χ1v) is 3.83. The number of hydrogen-bond acceptors (Lipinski definition) is 1. The normalized spacial score (nSPS) is 7.73. The van der Waals surface area contributed by atoms with Gasteiger partial charge in [0.2, 0.25) is 5.69 Å². The van der Waals surface area contributed by atoms with E-state index in [1.54, 1.807) is 12.4 Å². The van der Waals surface area contributed by atoms with Gasteiger partial charge in [0.05, 0.1) is 0 Å². The Morgan fingerprint density at radius 2 is 1.47 bits per heavy atom. The summed E-state index contributed by atoms with van der Waals surface area (Å²) in [6, 6.07) is 9.94. The fraction of sp³-hybridized carbons (Fsp3) is 0. The van der Waals surface area contributed by atoms with Crippen LogP contribution < -0.4 is 17.0 Å². The molecule has 0 saturated carbocycles. The number of rotatable bonds is 1. The van der Waals surface area contributed by atoms with Gasteiger partial charge in [-0.1, -0.05) is 6.07 Å². The number of hydrogen-bond donors (Lipinski definition) is 0. The third-order valence-electron chi connectivity index (χ3n) is 1.68. The second kappa shape index (κ2) is 8.17. The summed E-state index contributed by atoms with van der Waals surface area (Å²) in [6.45, 7) is 0. The number of halogens is 2. The van der Waals surface area contributed by atoms with Crippen LogP contribution >= 0.6 is 12.4 Å². The quantitative estimate of drug-likeness (QED) is 0.535. The van der Waals surface area contributed by atoms with Crippen molar-refractivity contribution in [2.75, 3.05) is 0 Å². The summed E-state index contributed by atoms with van der Waals surface area (Å²) < 4.78 is 2.04. The summed E-state index contributed by atoms with van der Waals surface area (Å²) >= 11 is 0. The first-order chi connectivity index (χ1) is 5.97. The van der Waals surface area contributed by atoms with Crippen LogP contribution in [0.2, 0.25) is 0 Å². The summed E-state index contributed by atoms with van der Waals surface area (Å²) in [5.74, 6) is 0. The van der Waals surface area contributed by atoms with Crippen molar-refractivity contribution in [1.29, 1.82) is 0 Å². The van der Waals surface area contributed by atoms with Gasteiger partial charge in [0, 0.05) is 36.7 Å². The van der Waals surface area contributed by atoms with Crippen LogP contribution in [0.5, 0.6) is 0 Å². The molecule has 82 valence electrons. The highest BCUT2D eigenvalue weighted by Gasteiger charge is 2.00. The predicted molar refractivity (Wildman–Crippen MR) is 56.6 cm³/mol. The molecule has 0 fully saturated rings. The van der Waals surface area contributed by atoms with E-state index in [1.807, 2.05) is 47.3 Å². The Balaban J connectivity index is 0. The molecular weight excluding hydrogens is 235 g/mol. The first-order valence-electron chi connectivity index (χ1n) is 3.83. The lowest BCUT2D eigenvalue weighted by molar-refractivity contribution is -0.595. The van der Waals surface area contributed by atoms with Gasteiger partial charge in [-0.2, -0.15) is 4.57 Å². The van der Waals surface area contributed by atoms with Crippen molar-refractivity contribution in [2.24, 2.45) is 0 Å². The van der Waals surface area contributed by atoms with Crippen molar-refractivity contribution in [3.05, 3.63) is 55.1 Å². The van der Waals surface area contributed by atoms with Gasteiger partial charge in [-0.05, 0) is 0 Å². The average Bonchev–Trinajstić information content (AvgIpc) is 2.21. The number of nitrogens with zero attached hydrogens (tertiary/aromatic N) is 2. The Morgan fingerprint density at radius 1 is 0.933 bits per heavy atom. The average molecular weight is 247 g/mol. The second-order valence-electron chi connectivity index (χ2n) is 2.49. The van der Waals surface area contributed by atoms with Crippen LogP contribution in [0.3, 0.4) is 0 Å². The van der Waals surface area contributed by atoms with Crippen molar-refractivity contribution in [2.45, 2.75) is 0 Å². The maximum absolute atomic E-state index is 3.96. The van der Waals surface area contributed by atoms with Crippen molar-refractivity contribution in [3.63, 3.8) is 0 Å². The minimum absolute atomic E-state index is 0. The zero-order valence-electron chi connectivity index (χ0n) is 7.88. The van der Waals surface area contributed by atoms with Gasteiger partial charge in [0.15, 0.2) is 12.4 Å². The predicted octanol–water partition coefficient (Wildman–Crippen LogP) is -2.04. The van der Waals surface area contributed by atoms with Gasteiger partial charge in [0.1, 0.15) is 0 Å². The van der Waals surface area contributed by atoms with Crippen molar-refractivity contribution in [1.82, 2.24) is 4.98 Å². The monoisotopic (exact) mass is 246 g/mol. The smallest absolute Gasteiger partial charge is 0.213 e. The maximum Gasteiger partial charge on any atom is 0.213 e. The van der Waals surface area contributed by atoms with Crippen LogP contribution in [0.25, 0.3) is 5.69 Å². The standard InChI is InChI=1S/C10H9N2.2ClH.H2O/c1-2-8-12(9-3-1)10-4-6-11-7-5-10;;;/h1-9H;2*1H;1H2/q+1;;;/p-1. The fourth-order valence-corrected chi connectivity index (χ4v) is 1.09. The first kappa shape index (κ1) is 16.3. The van der Waals surface area contributed by atoms with Gasteiger partial charge < -0.3 is 17.9 Å². The summed E-state index contributed by atoms with van der Waals surface area (Å²) in [4.78, 5) is 3.96. The van der Waals surface area contributed by atoms with Crippen molar-refractivity contribution in [3.8, 4) is 5.69 Å². The molecule has 0 aliphatic rings. The molecule has 0 atom stereocenters. The molecule has 2 N–H and O–H groups in total. The second-order valence-corrected chi connectivity index (χ2v) is 2.49. The Morgan fingerprint density at radius 3 is 2.00 bits per heavy atom. The minimum atomic E-state index is 0. The van der Waals surface area contributed by atoms with Crippen LogP contribution in [0.4, 0.5) is 0 Å². The van der Waals surface area contributed by atoms with E-state index in [1.165, 1.54) is 0 Å². The van der Waals surface area contributed by atoms with Gasteiger partial charge in [-0.25, -0.2) is 0 Å². The molecule has 2 rings (SSSR count). The maximum atomic E-state index is 3.96. The summed E-state index contributed by atoms with van der Waals surface area (Å²) in [6.07, 6.45) is 7.59. The molecule has 0 spiro atoms. The molecule has 0 unspecified atom stereocenters. The van der Waals surface area contributed by atoms with E-state index in [9.17, 15) is 0 Å². The van der Waals surface area contributed by atoms with Crippen LogP contribution in [0.15, 0.2) is 55.1 Å². The van der Waals surface area contributed by atoms with Crippen LogP contribution in [-0.4, -0.2) is 10.5 Å². The molecule has 2 aromatic heterocycles. The highest BCUT2D eigenvalue weighted by atomic mass is 35.5. The summed E-state index contributed by atoms with van der Waals surface area (Å²) in [7, 11) is 0. The lowest BCUT2D eigenvalue weighted by Crippen LogP contribution is -3.00. The number of pyridine rings is 2. The van der Waals surface area contributed by atoms with Gasteiger partial charge in [-0.3, -0.25) is 4.98 Å². The molecule has 5 heteroatoms. The van der Waals surface area contributed by atoms with E-state index in [2.05, 4.69) is 4.98 Å². The van der Waals surface area contributed by atoms with E-state index >= 15 is 0 Å². The van der Waals surface area contributed by atoms with Crippen molar-refractivity contribution < 1.29 is 22.5 Å². The lowest BCUT2D eigenvalue weighted by atomic mass is 10.4. The third-order valence-corrected chi connectivity index (χ3v) is 1.68. The molecule has 0 bridgehead atoms. The largest absolute Gasteiger partial charge is 1.00 e. The van der Waals surface area contributed by atoms with E-state index in [4.69, 9.17) is 0 Å². The number of aromatic nitrogens is 2. The van der Waals surface area contributed by atoms with E-state index in [-0.39, 0.29) is 30.3 Å². The molecule has 0 aromatic carbocycles. The molecule has 0 aliphatic carbocycles. The zero-order chi connectivity index (χ0) is 8.23. The molecule has 2 aromatic rings. The molecule has 3 nitrogen and oxygen atoms in total. The highest BCUT2D eigenvalue weighted by molar-refractivity contribution is 5.85. The highest BCUT2D eigenvalue weighted by Crippen LogP contribution is 1.93. The van der Waals surface area contributed by atoms with Gasteiger partial charge >= 0.3 is 0 Å². The molecule has 2 heterocycles. The Kier molecular flexibility index (Phi) is 8.87. The van der Waals surface area contributed by atoms with E-state index in [0.29, 0.717) is 0 Å². The van der Waals surface area contributed by atoms with E-state index in [0.717, 1.165) is 5.69 Å². The van der Waals surface area contributed by atoms with Crippen molar-refractivity contribution >= 4 is 12.4 Å². The molecule has 15 heavy (non-hydrogen) atoms. The van der Waals surface area contributed by atoms with Gasteiger partial charge in [0.25, 0.3) is 0 Å². The zero-order valence-corrected chi connectivity index (χ0v) is 9.45. The summed E-state index contributed by atoms with van der Waals surface area (Å²) in [5.41, 5.74) is 1.13. The molecular formula is C10H12Cl2N2O. The SMILES string of the molecule is Cl.O.[Cl-].c1cc[n+](-c2ccncc2)cc1. The van der Waals surface area contributed by atoms with Gasteiger partial charge in [-0.15, -0.1) is 12.4 Å². The Labute approximate surface area is 101 Å². The molecule has 0 saturated heterocycles. The van der Waals surface area contributed by atoms with Crippen LogP contribution in [-0.2, 0) is 0 Å². The molecule has 0 aliphatic heterocycles. The lowest BCUT2D eigenvalue weighted by Gasteiger charge is -1.91.